The van der Waals surface area contributed by atoms with E-state index in [9.17, 15) is 14.7 Å². The Kier molecular flexibility index (Phi) is 5.12. The Bertz CT molecular complexity index is 1040. The quantitative estimate of drug-likeness (QED) is 0.665. The molecule has 1 aliphatic rings. The number of carbonyl (C=O) groups excluding carboxylic acids is 1. The summed E-state index contributed by atoms with van der Waals surface area (Å²) in [6, 6.07) is 11.2. The van der Waals surface area contributed by atoms with Crippen LogP contribution in [-0.2, 0) is 16.8 Å². The second-order valence-corrected chi connectivity index (χ2v) is 8.68. The summed E-state index contributed by atoms with van der Waals surface area (Å²) in [6.07, 6.45) is 3.81. The van der Waals surface area contributed by atoms with Crippen LogP contribution in [0.15, 0.2) is 45.6 Å². The van der Waals surface area contributed by atoms with Gasteiger partial charge in [-0.15, -0.1) is 11.3 Å². The van der Waals surface area contributed by atoms with E-state index in [0.29, 0.717) is 17.6 Å². The SMILES string of the molecule is CC(O)c1ccc(C2(CNC(=O)Cn3c(=O)oc4ccccc43)CCCC2)s1. The van der Waals surface area contributed by atoms with Gasteiger partial charge >= 0.3 is 5.76 Å². The summed E-state index contributed by atoms with van der Waals surface area (Å²) < 4.78 is 6.56. The second-order valence-electron chi connectivity index (χ2n) is 7.56. The van der Waals surface area contributed by atoms with E-state index < -0.39 is 11.9 Å². The molecule has 0 aliphatic heterocycles. The molecule has 0 radical (unpaired) electrons. The van der Waals surface area contributed by atoms with Crippen molar-refractivity contribution in [3.8, 4) is 0 Å². The number of aliphatic hydroxyl groups excluding tert-OH is 1. The molecule has 1 aliphatic carbocycles. The highest BCUT2D eigenvalue weighted by molar-refractivity contribution is 7.12. The van der Waals surface area contributed by atoms with E-state index in [2.05, 4.69) is 11.4 Å². The number of amides is 1. The van der Waals surface area contributed by atoms with Crippen molar-refractivity contribution in [1.82, 2.24) is 9.88 Å². The summed E-state index contributed by atoms with van der Waals surface area (Å²) >= 11 is 1.63. The maximum Gasteiger partial charge on any atom is 0.420 e. The lowest BCUT2D eigenvalue weighted by atomic mass is 9.84. The zero-order valence-electron chi connectivity index (χ0n) is 15.8. The molecule has 2 heterocycles. The molecule has 0 spiro atoms. The summed E-state index contributed by atoms with van der Waals surface area (Å²) in [4.78, 5) is 26.8. The molecule has 1 fully saturated rings. The number of hydrogen-bond donors (Lipinski definition) is 2. The number of benzene rings is 1. The molecular weight excluding hydrogens is 376 g/mol. The number of oxazole rings is 1. The van der Waals surface area contributed by atoms with E-state index in [1.54, 1.807) is 36.5 Å². The molecule has 0 bridgehead atoms. The molecule has 1 atom stereocenters. The van der Waals surface area contributed by atoms with E-state index in [0.717, 1.165) is 30.6 Å². The fourth-order valence-electron chi connectivity index (χ4n) is 4.06. The van der Waals surface area contributed by atoms with Crippen LogP contribution < -0.4 is 11.1 Å². The van der Waals surface area contributed by atoms with Gasteiger partial charge in [-0.25, -0.2) is 4.79 Å². The van der Waals surface area contributed by atoms with Crippen LogP contribution in [0.4, 0.5) is 0 Å². The number of aromatic nitrogens is 1. The van der Waals surface area contributed by atoms with Gasteiger partial charge in [0.1, 0.15) is 6.54 Å². The molecule has 1 saturated carbocycles. The van der Waals surface area contributed by atoms with E-state index in [-0.39, 0.29) is 17.9 Å². The molecule has 1 amide bonds. The van der Waals surface area contributed by atoms with E-state index in [1.807, 2.05) is 12.1 Å². The van der Waals surface area contributed by atoms with Crippen molar-refractivity contribution in [2.75, 3.05) is 6.54 Å². The predicted octanol–water partition coefficient (Wildman–Crippen LogP) is 3.34. The highest BCUT2D eigenvalue weighted by atomic mass is 32.1. The van der Waals surface area contributed by atoms with Crippen molar-refractivity contribution in [2.45, 2.75) is 50.7 Å². The largest absolute Gasteiger partial charge is 0.420 e. The lowest BCUT2D eigenvalue weighted by Gasteiger charge is -2.28. The topological polar surface area (TPSA) is 84.5 Å². The van der Waals surface area contributed by atoms with Crippen molar-refractivity contribution >= 4 is 28.3 Å². The Morgan fingerprint density at radius 1 is 1.29 bits per heavy atom. The Morgan fingerprint density at radius 2 is 2.04 bits per heavy atom. The van der Waals surface area contributed by atoms with E-state index in [1.165, 1.54) is 9.44 Å². The smallest absolute Gasteiger partial charge is 0.408 e. The number of para-hydroxylation sites is 2. The monoisotopic (exact) mass is 400 g/mol. The van der Waals surface area contributed by atoms with Crippen LogP contribution in [0.1, 0.15) is 48.5 Å². The molecule has 1 unspecified atom stereocenters. The zero-order valence-corrected chi connectivity index (χ0v) is 16.6. The molecule has 6 nitrogen and oxygen atoms in total. The minimum Gasteiger partial charge on any atom is -0.408 e. The molecule has 3 aromatic rings. The summed E-state index contributed by atoms with van der Waals surface area (Å²) in [7, 11) is 0. The Labute approximate surface area is 166 Å². The van der Waals surface area contributed by atoms with Gasteiger partial charge in [0, 0.05) is 21.7 Å². The van der Waals surface area contributed by atoms with E-state index >= 15 is 0 Å². The fraction of sp³-hybridized carbons (Fsp3) is 0.429. The van der Waals surface area contributed by atoms with Gasteiger partial charge in [-0.3, -0.25) is 9.36 Å². The molecule has 7 heteroatoms. The summed E-state index contributed by atoms with van der Waals surface area (Å²) in [5, 5.41) is 12.9. The van der Waals surface area contributed by atoms with Crippen LogP contribution in [0.2, 0.25) is 0 Å². The number of rotatable bonds is 6. The maximum atomic E-state index is 12.6. The molecule has 0 saturated heterocycles. The van der Waals surface area contributed by atoms with Crippen molar-refractivity contribution in [3.63, 3.8) is 0 Å². The van der Waals surface area contributed by atoms with Crippen LogP contribution >= 0.6 is 11.3 Å². The minimum absolute atomic E-state index is 0.0602. The normalized spacial score (nSPS) is 17.1. The molecule has 2 aromatic heterocycles. The Morgan fingerprint density at radius 3 is 2.75 bits per heavy atom. The van der Waals surface area contributed by atoms with E-state index in [4.69, 9.17) is 4.42 Å². The Balaban J connectivity index is 1.49. The van der Waals surface area contributed by atoms with Gasteiger partial charge < -0.3 is 14.8 Å². The second kappa shape index (κ2) is 7.56. The molecular formula is C21H24N2O4S. The third kappa shape index (κ3) is 3.52. The van der Waals surface area contributed by atoms with Crippen LogP contribution in [0.3, 0.4) is 0 Å². The fourth-order valence-corrected chi connectivity index (χ4v) is 5.24. The van der Waals surface area contributed by atoms with Crippen molar-refractivity contribution in [3.05, 3.63) is 56.7 Å². The van der Waals surface area contributed by atoms with Crippen LogP contribution in [0.25, 0.3) is 11.1 Å². The van der Waals surface area contributed by atoms with Crippen LogP contribution in [-0.4, -0.2) is 22.1 Å². The van der Waals surface area contributed by atoms with Crippen molar-refractivity contribution in [2.24, 2.45) is 0 Å². The lowest BCUT2D eigenvalue weighted by molar-refractivity contribution is -0.122. The average molecular weight is 401 g/mol. The first-order chi connectivity index (χ1) is 13.5. The zero-order chi connectivity index (χ0) is 19.7. The first kappa shape index (κ1) is 19.0. The minimum atomic E-state index is -0.522. The number of aliphatic hydroxyl groups is 1. The van der Waals surface area contributed by atoms with Gasteiger partial charge in [0.15, 0.2) is 5.58 Å². The number of nitrogens with zero attached hydrogens (tertiary/aromatic N) is 1. The molecule has 1 aromatic carbocycles. The van der Waals surface area contributed by atoms with Gasteiger partial charge in [0.2, 0.25) is 5.91 Å². The highest BCUT2D eigenvalue weighted by Gasteiger charge is 2.37. The average Bonchev–Trinajstić information content (AvgIpc) is 3.40. The maximum absolute atomic E-state index is 12.6. The Hall–Kier alpha value is -2.38. The standard InChI is InChI=1S/C21H24N2O4S/c1-14(24)17-8-9-18(28-17)21(10-4-5-11-21)13-22-19(25)12-23-15-6-2-3-7-16(15)27-20(23)26/h2-3,6-9,14,24H,4-5,10-13H2,1H3,(H,22,25). The predicted molar refractivity (Wildman–Crippen MR) is 109 cm³/mol. The summed E-state index contributed by atoms with van der Waals surface area (Å²) in [5.74, 6) is -0.723. The number of carbonyl (C=O) groups is 1. The van der Waals surface area contributed by atoms with Gasteiger partial charge in [-0.2, -0.15) is 0 Å². The third-order valence-corrected chi connectivity index (χ3v) is 7.12. The van der Waals surface area contributed by atoms with Crippen molar-refractivity contribution in [1.29, 1.82) is 0 Å². The number of fused-ring (bicyclic) bond motifs is 1. The number of hydrogen-bond acceptors (Lipinski definition) is 5. The summed E-state index contributed by atoms with van der Waals surface area (Å²) in [5.41, 5.74) is 1.02. The van der Waals surface area contributed by atoms with Gasteiger partial charge in [-0.05, 0) is 44.0 Å². The van der Waals surface area contributed by atoms with Crippen LogP contribution in [0, 0.1) is 0 Å². The number of thiophene rings is 1. The lowest BCUT2D eigenvalue weighted by Crippen LogP contribution is -2.40. The first-order valence-electron chi connectivity index (χ1n) is 9.62. The molecule has 2 N–H and O–H groups in total. The summed E-state index contributed by atoms with van der Waals surface area (Å²) in [6.45, 7) is 2.25. The molecule has 148 valence electrons. The van der Waals surface area contributed by atoms with Gasteiger partial charge in [-0.1, -0.05) is 25.0 Å². The first-order valence-corrected chi connectivity index (χ1v) is 10.4. The molecule has 4 rings (SSSR count). The number of nitrogens with one attached hydrogen (secondary N) is 1. The van der Waals surface area contributed by atoms with Crippen molar-refractivity contribution < 1.29 is 14.3 Å². The van der Waals surface area contributed by atoms with Gasteiger partial charge in [0.25, 0.3) is 0 Å². The van der Waals surface area contributed by atoms with Crippen LogP contribution in [0.5, 0.6) is 0 Å². The third-order valence-electron chi connectivity index (χ3n) is 5.62. The van der Waals surface area contributed by atoms with Gasteiger partial charge in [0.05, 0.1) is 11.6 Å². The molecule has 28 heavy (non-hydrogen) atoms. The highest BCUT2D eigenvalue weighted by Crippen LogP contribution is 2.44.